The van der Waals surface area contributed by atoms with Crippen LogP contribution in [0.5, 0.6) is 0 Å². The van der Waals surface area contributed by atoms with Crippen LogP contribution in [0.1, 0.15) is 6.92 Å². The van der Waals surface area contributed by atoms with Crippen LogP contribution in [0.2, 0.25) is 0 Å². The summed E-state index contributed by atoms with van der Waals surface area (Å²) in [7, 11) is 0. The number of benzene rings is 1. The molecule has 0 saturated heterocycles. The molecule has 1 aromatic carbocycles. The molecule has 1 heterocycles. The largest absolute Gasteiger partial charge is 0.377 e. The summed E-state index contributed by atoms with van der Waals surface area (Å²) in [6, 6.07) is 6.05. The van der Waals surface area contributed by atoms with Gasteiger partial charge in [0.1, 0.15) is 6.33 Å². The molecule has 0 aliphatic rings. The second-order valence-electron chi connectivity index (χ2n) is 3.57. The monoisotopic (exact) mass is 239 g/mol. The minimum atomic E-state index is -2.41. The van der Waals surface area contributed by atoms with Gasteiger partial charge in [0.25, 0.3) is 6.43 Å². The molecule has 2 rings (SSSR count). The van der Waals surface area contributed by atoms with Gasteiger partial charge in [-0.05, 0) is 35.5 Å². The lowest BCUT2D eigenvalue weighted by Crippen LogP contribution is -2.23. The van der Waals surface area contributed by atoms with E-state index in [0.29, 0.717) is 11.4 Å². The number of aromatic nitrogens is 4. The van der Waals surface area contributed by atoms with Gasteiger partial charge < -0.3 is 5.32 Å². The molecule has 0 radical (unpaired) electrons. The number of hydrogen-bond donors (Lipinski definition) is 1. The normalized spacial score (nSPS) is 12.7. The van der Waals surface area contributed by atoms with Crippen LogP contribution in [0.25, 0.3) is 5.69 Å². The topological polar surface area (TPSA) is 55.6 Å². The van der Waals surface area contributed by atoms with Gasteiger partial charge in [-0.2, -0.15) is 0 Å². The van der Waals surface area contributed by atoms with E-state index in [0.717, 1.165) is 0 Å². The maximum Gasteiger partial charge on any atom is 0.258 e. The first-order valence-electron chi connectivity index (χ1n) is 5.05. The highest BCUT2D eigenvalue weighted by Crippen LogP contribution is 2.16. The third-order valence-corrected chi connectivity index (χ3v) is 2.23. The number of anilines is 1. The first-order valence-corrected chi connectivity index (χ1v) is 5.05. The lowest BCUT2D eigenvalue weighted by molar-refractivity contribution is 0.131. The van der Waals surface area contributed by atoms with Crippen LogP contribution in [-0.2, 0) is 0 Å². The third-order valence-electron chi connectivity index (χ3n) is 2.23. The second-order valence-corrected chi connectivity index (χ2v) is 3.57. The molecule has 0 aliphatic heterocycles. The summed E-state index contributed by atoms with van der Waals surface area (Å²) in [6.45, 7) is 1.42. The third kappa shape index (κ3) is 2.74. The van der Waals surface area contributed by atoms with Crippen molar-refractivity contribution in [3.8, 4) is 5.69 Å². The standard InChI is InChI=1S/C10H11F2N5/c1-7(10(11)12)14-8-3-2-4-9(5-8)17-6-13-15-16-17/h2-7,10,14H,1H3. The Morgan fingerprint density at radius 1 is 1.35 bits per heavy atom. The number of halogens is 2. The number of rotatable bonds is 4. The summed E-state index contributed by atoms with van der Waals surface area (Å²) in [5, 5.41) is 13.5. The molecule has 1 unspecified atom stereocenters. The van der Waals surface area contributed by atoms with Crippen LogP contribution in [-0.4, -0.2) is 32.7 Å². The summed E-state index contributed by atoms with van der Waals surface area (Å²) in [4.78, 5) is 0. The first-order chi connectivity index (χ1) is 8.16. The Kier molecular flexibility index (Phi) is 3.27. The van der Waals surface area contributed by atoms with Crippen molar-refractivity contribution in [2.75, 3.05) is 5.32 Å². The number of nitrogens with zero attached hydrogens (tertiary/aromatic N) is 4. The zero-order valence-corrected chi connectivity index (χ0v) is 9.09. The Hall–Kier alpha value is -2.05. The Balaban J connectivity index is 2.18. The number of tetrazole rings is 1. The molecule has 0 bridgehead atoms. The summed E-state index contributed by atoms with van der Waals surface area (Å²) >= 11 is 0. The summed E-state index contributed by atoms with van der Waals surface area (Å²) in [5.74, 6) is 0. The lowest BCUT2D eigenvalue weighted by Gasteiger charge is -2.14. The predicted molar refractivity (Wildman–Crippen MR) is 58.2 cm³/mol. The van der Waals surface area contributed by atoms with E-state index in [1.807, 2.05) is 0 Å². The fourth-order valence-corrected chi connectivity index (χ4v) is 1.34. The van der Waals surface area contributed by atoms with Crippen molar-refractivity contribution >= 4 is 5.69 Å². The molecule has 0 saturated carbocycles. The van der Waals surface area contributed by atoms with Crippen molar-refractivity contribution in [1.29, 1.82) is 0 Å². The van der Waals surface area contributed by atoms with E-state index in [9.17, 15) is 8.78 Å². The van der Waals surface area contributed by atoms with E-state index in [4.69, 9.17) is 0 Å². The van der Waals surface area contributed by atoms with Crippen LogP contribution < -0.4 is 5.32 Å². The van der Waals surface area contributed by atoms with Gasteiger partial charge in [0.15, 0.2) is 0 Å². The molecule has 7 heteroatoms. The van der Waals surface area contributed by atoms with E-state index in [1.165, 1.54) is 17.9 Å². The zero-order chi connectivity index (χ0) is 12.3. The molecule has 1 atom stereocenters. The van der Waals surface area contributed by atoms with E-state index in [1.54, 1.807) is 24.3 Å². The van der Waals surface area contributed by atoms with Gasteiger partial charge in [-0.25, -0.2) is 13.5 Å². The zero-order valence-electron chi connectivity index (χ0n) is 9.09. The van der Waals surface area contributed by atoms with Gasteiger partial charge in [0.2, 0.25) is 0 Å². The summed E-state index contributed by atoms with van der Waals surface area (Å²) < 4.78 is 26.2. The van der Waals surface area contributed by atoms with Gasteiger partial charge in [0.05, 0.1) is 11.7 Å². The van der Waals surface area contributed by atoms with E-state index in [-0.39, 0.29) is 0 Å². The smallest absolute Gasteiger partial charge is 0.258 e. The predicted octanol–water partition coefficient (Wildman–Crippen LogP) is 1.73. The average molecular weight is 239 g/mol. The van der Waals surface area contributed by atoms with Crippen molar-refractivity contribution in [2.24, 2.45) is 0 Å². The summed E-state index contributed by atoms with van der Waals surface area (Å²) in [5.41, 5.74) is 1.31. The molecule has 0 aliphatic carbocycles. The Labute approximate surface area is 96.4 Å². The molecule has 0 fully saturated rings. The first kappa shape index (κ1) is 11.4. The van der Waals surface area contributed by atoms with Gasteiger partial charge in [0, 0.05) is 5.69 Å². The molecule has 90 valence electrons. The maximum absolute atomic E-state index is 12.4. The Morgan fingerprint density at radius 3 is 2.82 bits per heavy atom. The Morgan fingerprint density at radius 2 is 2.18 bits per heavy atom. The van der Waals surface area contributed by atoms with Crippen molar-refractivity contribution in [2.45, 2.75) is 19.4 Å². The van der Waals surface area contributed by atoms with Crippen LogP contribution >= 0.6 is 0 Å². The van der Waals surface area contributed by atoms with Crippen LogP contribution in [0.3, 0.4) is 0 Å². The molecule has 1 aromatic heterocycles. The molecule has 17 heavy (non-hydrogen) atoms. The fraction of sp³-hybridized carbons (Fsp3) is 0.300. The number of nitrogens with one attached hydrogen (secondary N) is 1. The highest BCUT2D eigenvalue weighted by Gasteiger charge is 2.13. The molecule has 0 spiro atoms. The second kappa shape index (κ2) is 4.86. The number of hydrogen-bond acceptors (Lipinski definition) is 4. The molecular weight excluding hydrogens is 228 g/mol. The fourth-order valence-electron chi connectivity index (χ4n) is 1.34. The van der Waals surface area contributed by atoms with Gasteiger partial charge >= 0.3 is 0 Å². The highest BCUT2D eigenvalue weighted by atomic mass is 19.3. The molecule has 1 N–H and O–H groups in total. The van der Waals surface area contributed by atoms with Gasteiger partial charge in [-0.15, -0.1) is 5.10 Å². The molecule has 0 amide bonds. The highest BCUT2D eigenvalue weighted by molar-refractivity contribution is 5.51. The van der Waals surface area contributed by atoms with E-state index in [2.05, 4.69) is 20.8 Å². The summed E-state index contributed by atoms with van der Waals surface area (Å²) in [6.07, 6.45) is -0.970. The van der Waals surface area contributed by atoms with E-state index >= 15 is 0 Å². The van der Waals surface area contributed by atoms with Gasteiger partial charge in [-0.3, -0.25) is 0 Å². The van der Waals surface area contributed by atoms with Crippen LogP contribution in [0, 0.1) is 0 Å². The average Bonchev–Trinajstić information content (AvgIpc) is 2.82. The van der Waals surface area contributed by atoms with Crippen molar-refractivity contribution in [3.63, 3.8) is 0 Å². The van der Waals surface area contributed by atoms with Crippen molar-refractivity contribution in [3.05, 3.63) is 30.6 Å². The molecule has 2 aromatic rings. The van der Waals surface area contributed by atoms with Gasteiger partial charge in [-0.1, -0.05) is 6.07 Å². The van der Waals surface area contributed by atoms with Crippen LogP contribution in [0.15, 0.2) is 30.6 Å². The number of alkyl halides is 2. The SMILES string of the molecule is CC(Nc1cccc(-n2cnnn2)c1)C(F)F. The van der Waals surface area contributed by atoms with Crippen molar-refractivity contribution < 1.29 is 8.78 Å². The minimum absolute atomic E-state index is 0.603. The molecular formula is C10H11F2N5. The maximum atomic E-state index is 12.4. The van der Waals surface area contributed by atoms with Crippen molar-refractivity contribution in [1.82, 2.24) is 20.2 Å². The lowest BCUT2D eigenvalue weighted by atomic mass is 10.2. The Bertz CT molecular complexity index is 471. The quantitative estimate of drug-likeness (QED) is 0.882. The molecule has 5 nitrogen and oxygen atoms in total. The minimum Gasteiger partial charge on any atom is -0.377 e. The van der Waals surface area contributed by atoms with Crippen LogP contribution in [0.4, 0.5) is 14.5 Å². The van der Waals surface area contributed by atoms with E-state index < -0.39 is 12.5 Å².